The first kappa shape index (κ1) is 7.98. The van der Waals surface area contributed by atoms with E-state index >= 15 is 0 Å². The molecule has 1 aliphatic heterocycles. The Hall–Kier alpha value is -0.120. The molecule has 1 heterocycles. The summed E-state index contributed by atoms with van der Waals surface area (Å²) in [6, 6.07) is 0. The van der Waals surface area contributed by atoms with Crippen molar-refractivity contribution in [3.8, 4) is 0 Å². The van der Waals surface area contributed by atoms with Crippen LogP contribution in [0.1, 0.15) is 20.3 Å². The maximum Gasteiger partial charge on any atom is 0.0859 e. The van der Waals surface area contributed by atoms with Crippen LogP contribution in [-0.4, -0.2) is 19.3 Å². The lowest BCUT2D eigenvalue weighted by atomic mass is 9.78. The first-order valence-corrected chi connectivity index (χ1v) is 3.68. The molecule has 1 aliphatic rings. The van der Waals surface area contributed by atoms with Gasteiger partial charge in [0.1, 0.15) is 0 Å². The summed E-state index contributed by atoms with van der Waals surface area (Å²) < 4.78 is 5.12. The van der Waals surface area contributed by atoms with Gasteiger partial charge in [0.15, 0.2) is 0 Å². The zero-order valence-corrected chi connectivity index (χ0v) is 6.59. The number of rotatable bonds is 3. The predicted molar refractivity (Wildman–Crippen MR) is 38.3 cm³/mol. The smallest absolute Gasteiger partial charge is 0.0859 e. The van der Waals surface area contributed by atoms with E-state index < -0.39 is 0 Å². The van der Waals surface area contributed by atoms with Crippen LogP contribution in [0.3, 0.4) is 0 Å². The van der Waals surface area contributed by atoms with E-state index in [1.54, 1.807) is 0 Å². The molecule has 0 spiro atoms. The third kappa shape index (κ3) is 1.05. The van der Waals surface area contributed by atoms with Crippen molar-refractivity contribution in [2.75, 3.05) is 13.2 Å². The summed E-state index contributed by atoms with van der Waals surface area (Å²) in [6.07, 6.45) is 1.19. The van der Waals surface area contributed by atoms with Gasteiger partial charge in [0.25, 0.3) is 0 Å². The Labute approximate surface area is 61.4 Å². The molecule has 3 heteroatoms. The average Bonchev–Trinajstić information content (AvgIpc) is 1.86. The highest BCUT2D eigenvalue weighted by Crippen LogP contribution is 2.35. The van der Waals surface area contributed by atoms with Crippen LogP contribution in [0.15, 0.2) is 0 Å². The molecule has 0 aromatic heterocycles. The topological polar surface area (TPSA) is 44.5 Å². The number of nitrogens with two attached hydrogens (primary N) is 1. The highest BCUT2D eigenvalue weighted by Gasteiger charge is 2.42. The van der Waals surface area contributed by atoms with Crippen LogP contribution >= 0.6 is 0 Å². The maximum absolute atomic E-state index is 5.12. The molecule has 2 N–H and O–H groups in total. The van der Waals surface area contributed by atoms with Gasteiger partial charge in [-0.15, -0.1) is 0 Å². The summed E-state index contributed by atoms with van der Waals surface area (Å²) in [5.41, 5.74) is 0.203. The zero-order valence-electron chi connectivity index (χ0n) is 6.59. The molecule has 0 aliphatic carbocycles. The van der Waals surface area contributed by atoms with Crippen LogP contribution in [0.2, 0.25) is 0 Å². The standard InChI is InChI=1S/C7H15NO2/c1-3-7(4-9-5-7)6(2)10-8/h6H,3-5,8H2,1-2H3. The first-order chi connectivity index (χ1) is 4.75. The third-order valence-electron chi connectivity index (χ3n) is 2.55. The van der Waals surface area contributed by atoms with Crippen molar-refractivity contribution in [1.82, 2.24) is 0 Å². The quantitative estimate of drug-likeness (QED) is 0.594. The maximum atomic E-state index is 5.12. The van der Waals surface area contributed by atoms with Gasteiger partial charge in [-0.05, 0) is 13.3 Å². The van der Waals surface area contributed by atoms with Crippen LogP contribution in [0, 0.1) is 5.41 Å². The van der Waals surface area contributed by atoms with E-state index in [-0.39, 0.29) is 11.5 Å². The predicted octanol–water partition coefficient (Wildman–Crippen LogP) is 0.692. The minimum atomic E-state index is 0.117. The summed E-state index contributed by atoms with van der Waals surface area (Å²) in [5, 5.41) is 0. The molecule has 0 amide bonds. The largest absolute Gasteiger partial charge is 0.380 e. The van der Waals surface area contributed by atoms with Gasteiger partial charge in [-0.2, -0.15) is 0 Å². The van der Waals surface area contributed by atoms with Gasteiger partial charge in [-0.3, -0.25) is 0 Å². The molecule has 1 unspecified atom stereocenters. The molecule has 0 radical (unpaired) electrons. The van der Waals surface area contributed by atoms with Gasteiger partial charge in [0.2, 0.25) is 0 Å². The van der Waals surface area contributed by atoms with Crippen LogP contribution in [-0.2, 0) is 9.57 Å². The van der Waals surface area contributed by atoms with E-state index in [4.69, 9.17) is 15.5 Å². The number of hydrogen-bond acceptors (Lipinski definition) is 3. The lowest BCUT2D eigenvalue weighted by Gasteiger charge is -2.44. The second-order valence-electron chi connectivity index (χ2n) is 2.99. The van der Waals surface area contributed by atoms with Crippen molar-refractivity contribution in [3.05, 3.63) is 0 Å². The summed E-state index contributed by atoms with van der Waals surface area (Å²) in [5.74, 6) is 5.09. The number of hydrogen-bond donors (Lipinski definition) is 1. The summed E-state index contributed by atoms with van der Waals surface area (Å²) in [7, 11) is 0. The first-order valence-electron chi connectivity index (χ1n) is 3.68. The molecule has 3 nitrogen and oxygen atoms in total. The summed E-state index contributed by atoms with van der Waals surface area (Å²) >= 11 is 0. The number of ether oxygens (including phenoxy) is 1. The van der Waals surface area contributed by atoms with Crippen LogP contribution in [0.4, 0.5) is 0 Å². The zero-order chi connectivity index (χ0) is 7.61. The van der Waals surface area contributed by atoms with Crippen LogP contribution in [0.5, 0.6) is 0 Å². The van der Waals surface area contributed by atoms with Crippen molar-refractivity contribution >= 4 is 0 Å². The monoisotopic (exact) mass is 145 g/mol. The average molecular weight is 145 g/mol. The second kappa shape index (κ2) is 2.86. The van der Waals surface area contributed by atoms with Crippen molar-refractivity contribution in [2.45, 2.75) is 26.4 Å². The van der Waals surface area contributed by atoms with Gasteiger partial charge in [0, 0.05) is 5.41 Å². The van der Waals surface area contributed by atoms with E-state index in [0.717, 1.165) is 19.6 Å². The highest BCUT2D eigenvalue weighted by molar-refractivity contribution is 4.89. The normalized spacial score (nSPS) is 25.5. The van der Waals surface area contributed by atoms with Gasteiger partial charge >= 0.3 is 0 Å². The van der Waals surface area contributed by atoms with Crippen molar-refractivity contribution in [1.29, 1.82) is 0 Å². The summed E-state index contributed by atoms with van der Waals surface area (Å²) in [6.45, 7) is 5.72. The molecular formula is C7H15NO2. The molecule has 1 fully saturated rings. The molecule has 1 rings (SSSR count). The molecule has 60 valence electrons. The second-order valence-corrected chi connectivity index (χ2v) is 2.99. The SMILES string of the molecule is CCC1(C(C)ON)COC1. The van der Waals surface area contributed by atoms with Crippen molar-refractivity contribution < 1.29 is 9.57 Å². The fraction of sp³-hybridized carbons (Fsp3) is 1.00. The highest BCUT2D eigenvalue weighted by atomic mass is 16.6. The Bertz CT molecular complexity index is 107. The molecule has 0 saturated carbocycles. The Balaban J connectivity index is 2.46. The molecule has 1 atom stereocenters. The molecular weight excluding hydrogens is 130 g/mol. The lowest BCUT2D eigenvalue weighted by Crippen LogP contribution is -2.51. The molecule has 0 aromatic rings. The Morgan fingerprint density at radius 2 is 2.30 bits per heavy atom. The van der Waals surface area contributed by atoms with Gasteiger partial charge < -0.3 is 9.57 Å². The Kier molecular flexibility index (Phi) is 2.28. The fourth-order valence-electron chi connectivity index (χ4n) is 1.23. The van der Waals surface area contributed by atoms with E-state index in [2.05, 4.69) is 6.92 Å². The molecule has 10 heavy (non-hydrogen) atoms. The van der Waals surface area contributed by atoms with Crippen molar-refractivity contribution in [3.63, 3.8) is 0 Å². The van der Waals surface area contributed by atoms with Gasteiger partial charge in [-0.25, -0.2) is 5.90 Å². The van der Waals surface area contributed by atoms with E-state index in [9.17, 15) is 0 Å². The van der Waals surface area contributed by atoms with Gasteiger partial charge in [0.05, 0.1) is 19.3 Å². The van der Waals surface area contributed by atoms with E-state index in [0.29, 0.717) is 0 Å². The lowest BCUT2D eigenvalue weighted by molar-refractivity contribution is -0.185. The Morgan fingerprint density at radius 1 is 1.70 bits per heavy atom. The molecule has 0 bridgehead atoms. The third-order valence-corrected chi connectivity index (χ3v) is 2.55. The molecule has 0 aromatic carbocycles. The van der Waals surface area contributed by atoms with Crippen molar-refractivity contribution in [2.24, 2.45) is 11.3 Å². The fourth-order valence-corrected chi connectivity index (χ4v) is 1.23. The van der Waals surface area contributed by atoms with E-state index in [1.165, 1.54) is 0 Å². The minimum Gasteiger partial charge on any atom is -0.380 e. The minimum absolute atomic E-state index is 0.117. The van der Waals surface area contributed by atoms with Crippen LogP contribution in [0.25, 0.3) is 0 Å². The Morgan fingerprint density at radius 3 is 2.40 bits per heavy atom. The molecule has 1 saturated heterocycles. The van der Waals surface area contributed by atoms with E-state index in [1.807, 2.05) is 6.92 Å². The van der Waals surface area contributed by atoms with Gasteiger partial charge in [-0.1, -0.05) is 6.92 Å². The van der Waals surface area contributed by atoms with Crippen LogP contribution < -0.4 is 5.90 Å². The summed E-state index contributed by atoms with van der Waals surface area (Å²) in [4.78, 5) is 4.77.